The van der Waals surface area contributed by atoms with Crippen LogP contribution < -0.4 is 9.98 Å². The first-order chi connectivity index (χ1) is 11.9. The molecule has 1 unspecified atom stereocenters. The summed E-state index contributed by atoms with van der Waals surface area (Å²) in [5.74, 6) is 0. The molecule has 2 nitrogen and oxygen atoms in total. The summed E-state index contributed by atoms with van der Waals surface area (Å²) >= 11 is -1.94. The van der Waals surface area contributed by atoms with E-state index in [4.69, 9.17) is 4.42 Å². The summed E-state index contributed by atoms with van der Waals surface area (Å²) in [5, 5.41) is 5.43. The molecule has 0 saturated carbocycles. The van der Waals surface area contributed by atoms with Gasteiger partial charge in [0.15, 0.2) is 0 Å². The van der Waals surface area contributed by atoms with Gasteiger partial charge in [0, 0.05) is 0 Å². The van der Waals surface area contributed by atoms with Gasteiger partial charge in [-0.1, -0.05) is 0 Å². The van der Waals surface area contributed by atoms with E-state index >= 15 is 0 Å². The van der Waals surface area contributed by atoms with E-state index in [1.807, 2.05) is 0 Å². The molecule has 0 aromatic carbocycles. The van der Waals surface area contributed by atoms with Crippen LogP contribution >= 0.6 is 0 Å². The number of likely N-dealkylation sites (tertiary alicyclic amines) is 1. The Hall–Kier alpha value is -0.000260. The van der Waals surface area contributed by atoms with E-state index < -0.39 is 21.3 Å². The van der Waals surface area contributed by atoms with Crippen molar-refractivity contribution in [3.63, 3.8) is 0 Å². The molecule has 25 heavy (non-hydrogen) atoms. The van der Waals surface area contributed by atoms with Crippen molar-refractivity contribution in [2.75, 3.05) is 13.1 Å². The molecule has 0 N–H and O–H groups in total. The molecule has 0 aliphatic carbocycles. The zero-order valence-electron chi connectivity index (χ0n) is 17.7. The van der Waals surface area contributed by atoms with Gasteiger partial charge in [-0.15, -0.1) is 0 Å². The van der Waals surface area contributed by atoms with Crippen LogP contribution in [0.5, 0.6) is 0 Å². The quantitative estimate of drug-likeness (QED) is 0.509. The van der Waals surface area contributed by atoms with Crippen LogP contribution in [0.15, 0.2) is 16.5 Å². The average molecular weight is 424 g/mol. The normalized spacial score (nSPS) is 20.2. The van der Waals surface area contributed by atoms with Crippen LogP contribution in [-0.2, 0) is 0 Å². The fraction of sp³-hybridized carbons (Fsp3) is 0.810. The van der Waals surface area contributed by atoms with Gasteiger partial charge in [-0.25, -0.2) is 0 Å². The van der Waals surface area contributed by atoms with Gasteiger partial charge in [0.2, 0.25) is 0 Å². The third-order valence-corrected chi connectivity index (χ3v) is 21.5. The van der Waals surface area contributed by atoms with Crippen LogP contribution in [-0.4, -0.2) is 45.4 Å². The van der Waals surface area contributed by atoms with Crippen molar-refractivity contribution in [2.24, 2.45) is 0 Å². The van der Waals surface area contributed by atoms with E-state index in [2.05, 4.69) is 57.8 Å². The molecule has 1 aromatic heterocycles. The van der Waals surface area contributed by atoms with Crippen LogP contribution in [0.4, 0.5) is 0 Å². The molecule has 4 heteroatoms. The van der Waals surface area contributed by atoms with E-state index in [9.17, 15) is 0 Å². The van der Waals surface area contributed by atoms with Crippen LogP contribution in [0.25, 0.3) is 0 Å². The van der Waals surface area contributed by atoms with Gasteiger partial charge in [0.25, 0.3) is 0 Å². The van der Waals surface area contributed by atoms with E-state index in [0.29, 0.717) is 0 Å². The second-order valence-corrected chi connectivity index (χ2v) is 24.5. The van der Waals surface area contributed by atoms with Gasteiger partial charge >= 0.3 is 160 Å². The maximum atomic E-state index is 6.58. The van der Waals surface area contributed by atoms with Crippen LogP contribution in [0.1, 0.15) is 53.4 Å². The Labute approximate surface area is 160 Å². The van der Waals surface area contributed by atoms with E-state index in [1.54, 1.807) is 0 Å². The minimum absolute atomic E-state index is 0.793. The summed E-state index contributed by atoms with van der Waals surface area (Å²) in [5.41, 5.74) is 0. The van der Waals surface area contributed by atoms with Crippen molar-refractivity contribution in [1.29, 1.82) is 0 Å². The first kappa shape index (κ1) is 21.3. The van der Waals surface area contributed by atoms with E-state index in [1.165, 1.54) is 70.6 Å². The SMILES string of the molecule is C[CH2][Ge]([CH2]C)([CH2]C)[c]1ccc([Si](C)(C)CCCN2CCCCC2C)o1. The third-order valence-electron chi connectivity index (χ3n) is 7.01. The fourth-order valence-electron chi connectivity index (χ4n) is 4.60. The van der Waals surface area contributed by atoms with Crippen molar-refractivity contribution in [1.82, 2.24) is 4.90 Å². The molecule has 1 aromatic rings. The molecule has 0 radical (unpaired) electrons. The van der Waals surface area contributed by atoms with Crippen molar-refractivity contribution in [2.45, 2.75) is 94.3 Å². The second kappa shape index (κ2) is 9.27. The number of nitrogens with zero attached hydrogens (tertiary/aromatic N) is 1. The Morgan fingerprint density at radius 3 is 2.40 bits per heavy atom. The van der Waals surface area contributed by atoms with Crippen molar-refractivity contribution in [3.8, 4) is 0 Å². The second-order valence-electron chi connectivity index (χ2n) is 8.87. The number of furan rings is 1. The summed E-state index contributed by atoms with van der Waals surface area (Å²) in [4.78, 5) is 2.72. The zero-order chi connectivity index (χ0) is 18.5. The zero-order valence-corrected chi connectivity index (χ0v) is 20.8. The predicted octanol–water partition coefficient (Wildman–Crippen LogP) is 5.18. The molecule has 1 fully saturated rings. The molecular formula is C21H41GeNOSi. The van der Waals surface area contributed by atoms with Gasteiger partial charge < -0.3 is 0 Å². The molecule has 0 bridgehead atoms. The first-order valence-corrected chi connectivity index (χ1v) is 19.4. The standard InChI is InChI=1S/C21H41GeNOSi/c1-7-22(8-2,9-3)20-14-15-21(24-20)25(5,6)18-12-17-23-16-11-10-13-19(23)4/h14-15,19H,7-13,16-18H2,1-6H3. The minimum atomic E-state index is -1.94. The fourth-order valence-corrected chi connectivity index (χ4v) is 14.0. The monoisotopic (exact) mass is 425 g/mol. The molecule has 1 saturated heterocycles. The van der Waals surface area contributed by atoms with Crippen molar-refractivity contribution in [3.05, 3.63) is 12.1 Å². The summed E-state index contributed by atoms with van der Waals surface area (Å²) in [6.45, 7) is 17.2. The third kappa shape index (κ3) is 5.04. The molecule has 1 atom stereocenters. The summed E-state index contributed by atoms with van der Waals surface area (Å²) < 4.78 is 8.01. The van der Waals surface area contributed by atoms with E-state index in [-0.39, 0.29) is 0 Å². The van der Waals surface area contributed by atoms with Crippen molar-refractivity contribution >= 4 is 31.3 Å². The molecule has 1 aliphatic heterocycles. The van der Waals surface area contributed by atoms with Gasteiger partial charge in [-0.2, -0.15) is 0 Å². The van der Waals surface area contributed by atoms with Crippen molar-refractivity contribution < 1.29 is 4.42 Å². The average Bonchev–Trinajstić information content (AvgIpc) is 3.10. The number of hydrogen-bond acceptors (Lipinski definition) is 2. The Morgan fingerprint density at radius 2 is 1.80 bits per heavy atom. The Morgan fingerprint density at radius 1 is 1.12 bits per heavy atom. The van der Waals surface area contributed by atoms with Gasteiger partial charge in [-0.3, -0.25) is 0 Å². The molecule has 1 aliphatic rings. The number of piperidine rings is 1. The summed E-state index contributed by atoms with van der Waals surface area (Å²) in [7, 11) is -1.45. The van der Waals surface area contributed by atoms with E-state index in [0.717, 1.165) is 6.04 Å². The molecule has 2 rings (SSSR count). The molecule has 0 spiro atoms. The number of hydrogen-bond donors (Lipinski definition) is 0. The Bertz CT molecular complexity index is 515. The topological polar surface area (TPSA) is 16.4 Å². The maximum absolute atomic E-state index is 6.58. The van der Waals surface area contributed by atoms with Gasteiger partial charge in [0.1, 0.15) is 0 Å². The number of rotatable bonds is 9. The first-order valence-electron chi connectivity index (χ1n) is 10.7. The molecule has 0 amide bonds. The van der Waals surface area contributed by atoms with Crippen LogP contribution in [0, 0.1) is 0 Å². The predicted molar refractivity (Wildman–Crippen MR) is 117 cm³/mol. The molecule has 144 valence electrons. The van der Waals surface area contributed by atoms with Gasteiger partial charge in [0.05, 0.1) is 0 Å². The molecule has 2 heterocycles. The Kier molecular flexibility index (Phi) is 7.90. The van der Waals surface area contributed by atoms with Gasteiger partial charge in [-0.05, 0) is 0 Å². The van der Waals surface area contributed by atoms with Crippen LogP contribution in [0.2, 0.25) is 34.9 Å². The van der Waals surface area contributed by atoms with Crippen LogP contribution in [0.3, 0.4) is 0 Å². The summed E-state index contributed by atoms with van der Waals surface area (Å²) in [6, 6.07) is 6.87. The Balaban J connectivity index is 1.97. The summed E-state index contributed by atoms with van der Waals surface area (Å²) in [6.07, 6.45) is 5.54. The molecular weight excluding hydrogens is 383 g/mol.